The molecule has 1 aromatic heterocycles. The van der Waals surface area contributed by atoms with Crippen LogP contribution in [0, 0.1) is 11.3 Å². The predicted molar refractivity (Wildman–Crippen MR) is 66.6 cm³/mol. The standard InChI is InChI=1S/C13H17N3O3/c17-11(16-12-14-5-7-19-12)15-9-8-2-6-18-10(8)13(9)3-1-4-13/h5,7-10H,1-4,6H2,(H2,14,15,16,17)/t8-,9+,10+/m0/s1. The first kappa shape index (κ1) is 11.3. The van der Waals surface area contributed by atoms with E-state index in [9.17, 15) is 4.79 Å². The molecule has 19 heavy (non-hydrogen) atoms. The summed E-state index contributed by atoms with van der Waals surface area (Å²) in [6, 6.07) is 0.242. The molecule has 1 aromatic rings. The number of anilines is 1. The highest BCUT2D eigenvalue weighted by atomic mass is 16.5. The molecule has 3 atom stereocenters. The molecule has 0 unspecified atom stereocenters. The van der Waals surface area contributed by atoms with E-state index >= 15 is 0 Å². The zero-order valence-electron chi connectivity index (χ0n) is 10.6. The Labute approximate surface area is 110 Å². The molecule has 1 saturated heterocycles. The first-order valence-corrected chi connectivity index (χ1v) is 6.88. The molecular weight excluding hydrogens is 246 g/mol. The number of ether oxygens (including phenoxy) is 1. The molecule has 6 heteroatoms. The lowest BCUT2D eigenvalue weighted by Gasteiger charge is -2.63. The molecule has 2 amide bonds. The SMILES string of the molecule is O=C(Nc1ncco1)N[C@@H]1[C@@H]2CCO[C@H]2C12CCC2. The molecule has 2 aliphatic carbocycles. The van der Waals surface area contributed by atoms with Crippen molar-refractivity contribution in [3.8, 4) is 0 Å². The van der Waals surface area contributed by atoms with Crippen molar-refractivity contribution in [1.29, 1.82) is 0 Å². The lowest BCUT2D eigenvalue weighted by Crippen LogP contribution is -2.72. The van der Waals surface area contributed by atoms with Crippen LogP contribution in [0.5, 0.6) is 0 Å². The van der Waals surface area contributed by atoms with Gasteiger partial charge < -0.3 is 14.5 Å². The highest BCUT2D eigenvalue weighted by Crippen LogP contribution is 2.62. The quantitative estimate of drug-likeness (QED) is 0.852. The van der Waals surface area contributed by atoms with Crippen LogP contribution in [0.3, 0.4) is 0 Å². The molecule has 2 saturated carbocycles. The minimum atomic E-state index is -0.232. The Balaban J connectivity index is 1.43. The lowest BCUT2D eigenvalue weighted by molar-refractivity contribution is -0.171. The van der Waals surface area contributed by atoms with Crippen LogP contribution in [0.4, 0.5) is 10.8 Å². The van der Waals surface area contributed by atoms with Gasteiger partial charge in [-0.25, -0.2) is 9.78 Å². The average molecular weight is 263 g/mol. The van der Waals surface area contributed by atoms with E-state index in [1.165, 1.54) is 18.9 Å². The Hall–Kier alpha value is -1.56. The highest BCUT2D eigenvalue weighted by molar-refractivity contribution is 5.87. The number of hydrogen-bond donors (Lipinski definition) is 2. The molecule has 2 heterocycles. The van der Waals surface area contributed by atoms with Gasteiger partial charge in [0.2, 0.25) is 0 Å². The Morgan fingerprint density at radius 3 is 3.05 bits per heavy atom. The summed E-state index contributed by atoms with van der Waals surface area (Å²) >= 11 is 0. The van der Waals surface area contributed by atoms with Crippen LogP contribution in [0.2, 0.25) is 0 Å². The van der Waals surface area contributed by atoms with Gasteiger partial charge in [-0.2, -0.15) is 0 Å². The van der Waals surface area contributed by atoms with E-state index in [2.05, 4.69) is 15.6 Å². The average Bonchev–Trinajstić information content (AvgIpc) is 2.94. The van der Waals surface area contributed by atoms with Crippen molar-refractivity contribution in [2.24, 2.45) is 11.3 Å². The molecule has 0 aromatic carbocycles. The van der Waals surface area contributed by atoms with Crippen molar-refractivity contribution < 1.29 is 13.9 Å². The summed E-state index contributed by atoms with van der Waals surface area (Å²) in [5.41, 5.74) is 0.203. The summed E-state index contributed by atoms with van der Waals surface area (Å²) in [7, 11) is 0. The molecule has 0 bridgehead atoms. The van der Waals surface area contributed by atoms with Crippen molar-refractivity contribution in [2.45, 2.75) is 37.8 Å². The third kappa shape index (κ3) is 1.52. The number of hydrogen-bond acceptors (Lipinski definition) is 4. The second-order valence-electron chi connectivity index (χ2n) is 5.74. The van der Waals surface area contributed by atoms with Gasteiger partial charge in [-0.05, 0) is 19.3 Å². The topological polar surface area (TPSA) is 76.4 Å². The zero-order chi connectivity index (χ0) is 12.9. The minimum absolute atomic E-state index is 0.203. The maximum Gasteiger partial charge on any atom is 0.323 e. The van der Waals surface area contributed by atoms with E-state index in [1.807, 2.05) is 0 Å². The van der Waals surface area contributed by atoms with E-state index in [0.717, 1.165) is 25.9 Å². The van der Waals surface area contributed by atoms with Crippen LogP contribution in [0.1, 0.15) is 25.7 Å². The van der Waals surface area contributed by atoms with Gasteiger partial charge in [0.1, 0.15) is 6.26 Å². The van der Waals surface area contributed by atoms with Gasteiger partial charge >= 0.3 is 12.0 Å². The molecule has 0 radical (unpaired) electrons. The fraction of sp³-hybridized carbons (Fsp3) is 0.692. The van der Waals surface area contributed by atoms with Crippen LogP contribution >= 0.6 is 0 Å². The van der Waals surface area contributed by atoms with Crippen molar-refractivity contribution in [3.63, 3.8) is 0 Å². The highest BCUT2D eigenvalue weighted by Gasteiger charge is 2.66. The number of amides is 2. The van der Waals surface area contributed by atoms with Crippen molar-refractivity contribution in [2.75, 3.05) is 11.9 Å². The molecule has 6 nitrogen and oxygen atoms in total. The number of aromatic nitrogens is 1. The van der Waals surface area contributed by atoms with E-state index in [4.69, 9.17) is 9.15 Å². The molecule has 2 N–H and O–H groups in total. The van der Waals surface area contributed by atoms with Crippen LogP contribution in [0.25, 0.3) is 0 Å². The Morgan fingerprint density at radius 2 is 2.37 bits per heavy atom. The molecule has 102 valence electrons. The monoisotopic (exact) mass is 263 g/mol. The fourth-order valence-corrected chi connectivity index (χ4v) is 4.02. The third-order valence-corrected chi connectivity index (χ3v) is 4.98. The van der Waals surface area contributed by atoms with Crippen molar-refractivity contribution >= 4 is 12.0 Å². The summed E-state index contributed by atoms with van der Waals surface area (Å²) < 4.78 is 10.8. The van der Waals surface area contributed by atoms with Crippen LogP contribution in [-0.4, -0.2) is 29.8 Å². The molecule has 3 aliphatic rings. The second-order valence-corrected chi connectivity index (χ2v) is 5.74. The van der Waals surface area contributed by atoms with Gasteiger partial charge in [-0.3, -0.25) is 5.32 Å². The van der Waals surface area contributed by atoms with Gasteiger partial charge in [0.25, 0.3) is 0 Å². The second kappa shape index (κ2) is 3.96. The smallest absolute Gasteiger partial charge is 0.323 e. The number of nitrogens with one attached hydrogen (secondary N) is 2. The van der Waals surface area contributed by atoms with E-state index in [0.29, 0.717) is 12.0 Å². The number of nitrogens with zero attached hydrogens (tertiary/aromatic N) is 1. The first-order valence-electron chi connectivity index (χ1n) is 6.88. The van der Waals surface area contributed by atoms with Gasteiger partial charge in [-0.1, -0.05) is 6.42 Å². The minimum Gasteiger partial charge on any atom is -0.432 e. The zero-order valence-corrected chi connectivity index (χ0v) is 10.6. The Morgan fingerprint density at radius 1 is 1.47 bits per heavy atom. The first-order chi connectivity index (χ1) is 9.29. The molecule has 1 spiro atoms. The van der Waals surface area contributed by atoms with E-state index in [1.54, 1.807) is 0 Å². The number of rotatable bonds is 2. The normalized spacial score (nSPS) is 34.2. The summed E-state index contributed by atoms with van der Waals surface area (Å²) in [6.45, 7) is 0.830. The Kier molecular flexibility index (Phi) is 2.35. The van der Waals surface area contributed by atoms with Gasteiger partial charge in [0.05, 0.1) is 12.3 Å². The number of carbonyl (C=O) groups excluding carboxylic acids is 1. The summed E-state index contributed by atoms with van der Waals surface area (Å²) in [6.07, 6.45) is 7.94. The van der Waals surface area contributed by atoms with Crippen molar-refractivity contribution in [3.05, 3.63) is 12.5 Å². The molecule has 1 aliphatic heterocycles. The number of carbonyl (C=O) groups is 1. The number of urea groups is 1. The number of fused-ring (bicyclic) bond motifs is 2. The number of oxazole rings is 1. The Bertz CT molecular complexity index is 483. The van der Waals surface area contributed by atoms with Crippen molar-refractivity contribution in [1.82, 2.24) is 10.3 Å². The van der Waals surface area contributed by atoms with Gasteiger partial charge in [-0.15, -0.1) is 0 Å². The van der Waals surface area contributed by atoms with Crippen LogP contribution in [-0.2, 0) is 4.74 Å². The van der Waals surface area contributed by atoms with Gasteiger partial charge in [0, 0.05) is 24.0 Å². The maximum absolute atomic E-state index is 12.0. The predicted octanol–water partition coefficient (Wildman–Crippen LogP) is 1.75. The summed E-state index contributed by atoms with van der Waals surface area (Å²) in [4.78, 5) is 15.8. The molecule has 4 rings (SSSR count). The maximum atomic E-state index is 12.0. The summed E-state index contributed by atoms with van der Waals surface area (Å²) in [5, 5.41) is 5.71. The third-order valence-electron chi connectivity index (χ3n) is 4.98. The summed E-state index contributed by atoms with van der Waals surface area (Å²) in [5.74, 6) is 0.482. The van der Waals surface area contributed by atoms with Crippen LogP contribution in [0.15, 0.2) is 16.9 Å². The lowest BCUT2D eigenvalue weighted by atomic mass is 9.46. The van der Waals surface area contributed by atoms with Crippen LogP contribution < -0.4 is 10.6 Å². The van der Waals surface area contributed by atoms with E-state index < -0.39 is 0 Å². The van der Waals surface area contributed by atoms with Gasteiger partial charge in [0.15, 0.2) is 0 Å². The molecule has 3 fully saturated rings. The largest absolute Gasteiger partial charge is 0.432 e. The fourth-order valence-electron chi connectivity index (χ4n) is 4.02. The van der Waals surface area contributed by atoms with E-state index in [-0.39, 0.29) is 23.5 Å². The molecular formula is C13H17N3O3.